The molecule has 134 valence electrons. The van der Waals surface area contributed by atoms with Crippen molar-refractivity contribution in [2.45, 2.75) is 102 Å². The molecule has 4 nitrogen and oxygen atoms in total. The molecule has 0 saturated heterocycles. The van der Waals surface area contributed by atoms with Crippen LogP contribution in [0.1, 0.15) is 96.8 Å². The molecule has 0 amide bonds. The highest BCUT2D eigenvalue weighted by molar-refractivity contribution is 7.86. The van der Waals surface area contributed by atoms with E-state index in [9.17, 15) is 13.0 Å². The van der Waals surface area contributed by atoms with Gasteiger partial charge >= 0.3 is 0 Å². The third kappa shape index (κ3) is 13.5. The Morgan fingerprint density at radius 2 is 1.14 bits per heavy atom. The molecule has 0 spiro atoms. The lowest BCUT2D eigenvalue weighted by molar-refractivity contribution is 0.282. The van der Waals surface area contributed by atoms with Gasteiger partial charge in [-0.3, -0.25) is 4.55 Å². The zero-order chi connectivity index (χ0) is 16.7. The lowest BCUT2D eigenvalue weighted by Gasteiger charge is -2.13. The molecule has 0 rings (SSSR count). The second-order valence-corrected chi connectivity index (χ2v) is 8.02. The van der Waals surface area contributed by atoms with Crippen LogP contribution in [0.25, 0.3) is 0 Å². The van der Waals surface area contributed by atoms with Gasteiger partial charge in [0, 0.05) is 6.61 Å². The molecule has 0 aromatic carbocycles. The molecule has 0 heterocycles. The zero-order valence-corrected chi connectivity index (χ0v) is 15.1. The van der Waals surface area contributed by atoms with E-state index in [-0.39, 0.29) is 6.61 Å². The summed E-state index contributed by atoms with van der Waals surface area (Å²) in [6.07, 6.45) is 13.9. The third-order valence-electron chi connectivity index (χ3n) is 4.24. The summed E-state index contributed by atoms with van der Waals surface area (Å²) in [7, 11) is -3.89. The Morgan fingerprint density at radius 1 is 0.727 bits per heavy atom. The average Bonchev–Trinajstić information content (AvgIpc) is 2.46. The van der Waals surface area contributed by atoms with E-state index in [0.29, 0.717) is 12.8 Å². The molecule has 0 bridgehead atoms. The van der Waals surface area contributed by atoms with Gasteiger partial charge < -0.3 is 5.11 Å². The van der Waals surface area contributed by atoms with Crippen LogP contribution in [0, 0.1) is 0 Å². The molecule has 0 aromatic heterocycles. The minimum Gasteiger partial charge on any atom is -0.396 e. The highest BCUT2D eigenvalue weighted by atomic mass is 32.2. The molecule has 5 heteroatoms. The summed E-state index contributed by atoms with van der Waals surface area (Å²) in [4.78, 5) is 0. The van der Waals surface area contributed by atoms with E-state index in [2.05, 4.69) is 6.92 Å². The van der Waals surface area contributed by atoms with Crippen LogP contribution in [0.15, 0.2) is 0 Å². The molecule has 22 heavy (non-hydrogen) atoms. The smallest absolute Gasteiger partial charge is 0.267 e. The number of rotatable bonds is 16. The highest BCUT2D eigenvalue weighted by Gasteiger charge is 2.21. The fraction of sp³-hybridized carbons (Fsp3) is 1.00. The van der Waals surface area contributed by atoms with Gasteiger partial charge in [-0.05, 0) is 19.3 Å². The Labute approximate surface area is 137 Å². The molecule has 0 aromatic rings. The third-order valence-corrected chi connectivity index (χ3v) is 5.55. The first-order valence-electron chi connectivity index (χ1n) is 9.09. The Bertz CT molecular complexity index is 328. The number of unbranched alkanes of at least 4 members (excludes halogenated alkanes) is 10. The molecule has 1 unspecified atom stereocenters. The number of aliphatic hydroxyl groups excluding tert-OH is 1. The van der Waals surface area contributed by atoms with Gasteiger partial charge in [-0.15, -0.1) is 0 Å². The second kappa shape index (κ2) is 14.5. The predicted octanol–water partition coefficient (Wildman–Crippen LogP) is 4.72. The van der Waals surface area contributed by atoms with Crippen molar-refractivity contribution in [1.82, 2.24) is 0 Å². The molecule has 0 saturated carbocycles. The zero-order valence-electron chi connectivity index (χ0n) is 14.3. The van der Waals surface area contributed by atoms with Gasteiger partial charge in [0.2, 0.25) is 0 Å². The summed E-state index contributed by atoms with van der Waals surface area (Å²) < 4.78 is 32.2. The molecule has 1 atom stereocenters. The van der Waals surface area contributed by atoms with E-state index in [0.717, 1.165) is 64.2 Å². The van der Waals surface area contributed by atoms with E-state index in [1.165, 1.54) is 12.8 Å². The first-order chi connectivity index (χ1) is 10.5. The fourth-order valence-corrected chi connectivity index (χ4v) is 3.71. The Balaban J connectivity index is 3.73. The largest absolute Gasteiger partial charge is 0.396 e. The predicted molar refractivity (Wildman–Crippen MR) is 92.7 cm³/mol. The van der Waals surface area contributed by atoms with Crippen molar-refractivity contribution in [3.8, 4) is 0 Å². The lowest BCUT2D eigenvalue weighted by Crippen LogP contribution is -2.20. The monoisotopic (exact) mass is 336 g/mol. The first-order valence-corrected chi connectivity index (χ1v) is 10.6. The summed E-state index contributed by atoms with van der Waals surface area (Å²) in [5.41, 5.74) is 0. The molecular weight excluding hydrogens is 300 g/mol. The second-order valence-electron chi connectivity index (χ2n) is 6.33. The van der Waals surface area contributed by atoms with Crippen molar-refractivity contribution < 1.29 is 18.1 Å². The molecule has 0 fully saturated rings. The highest BCUT2D eigenvalue weighted by Crippen LogP contribution is 2.19. The topological polar surface area (TPSA) is 74.6 Å². The van der Waals surface area contributed by atoms with E-state index in [1.54, 1.807) is 0 Å². The quantitative estimate of drug-likeness (QED) is 0.316. The lowest BCUT2D eigenvalue weighted by atomic mass is 10.0. The van der Waals surface area contributed by atoms with Gasteiger partial charge in [-0.1, -0.05) is 77.6 Å². The van der Waals surface area contributed by atoms with Crippen LogP contribution < -0.4 is 0 Å². The Hall–Kier alpha value is -0.130. The van der Waals surface area contributed by atoms with Gasteiger partial charge in [0.15, 0.2) is 0 Å². The molecular formula is C17H36O4S. The van der Waals surface area contributed by atoms with Crippen LogP contribution in [-0.2, 0) is 10.1 Å². The van der Waals surface area contributed by atoms with Crippen LogP contribution in [-0.4, -0.2) is 29.9 Å². The minimum absolute atomic E-state index is 0.272. The van der Waals surface area contributed by atoms with E-state index >= 15 is 0 Å². The standard InChI is InChI=1S/C17H36O4S/c1-2-3-4-8-11-14-17(22(19,20)21)15-12-9-6-5-7-10-13-16-18/h17-18H,2-16H2,1H3,(H,19,20,21). The maximum atomic E-state index is 11.4. The number of hydrogen-bond acceptors (Lipinski definition) is 3. The van der Waals surface area contributed by atoms with Gasteiger partial charge in [-0.25, -0.2) is 0 Å². The SMILES string of the molecule is CCCCCCCC(CCCCCCCCCO)S(=O)(=O)O. The number of aliphatic hydroxyl groups is 1. The van der Waals surface area contributed by atoms with Crippen molar-refractivity contribution in [3.05, 3.63) is 0 Å². The van der Waals surface area contributed by atoms with Crippen molar-refractivity contribution in [1.29, 1.82) is 0 Å². The van der Waals surface area contributed by atoms with Crippen LogP contribution in [0.2, 0.25) is 0 Å². The van der Waals surface area contributed by atoms with Gasteiger partial charge in [0.25, 0.3) is 10.1 Å². The molecule has 0 radical (unpaired) electrons. The maximum Gasteiger partial charge on any atom is 0.267 e. The van der Waals surface area contributed by atoms with Crippen LogP contribution >= 0.6 is 0 Å². The van der Waals surface area contributed by atoms with Crippen LogP contribution in [0.5, 0.6) is 0 Å². The van der Waals surface area contributed by atoms with Crippen molar-refractivity contribution in [2.75, 3.05) is 6.61 Å². The molecule has 2 N–H and O–H groups in total. The van der Waals surface area contributed by atoms with Crippen molar-refractivity contribution >= 4 is 10.1 Å². The van der Waals surface area contributed by atoms with E-state index in [4.69, 9.17) is 5.11 Å². The van der Waals surface area contributed by atoms with Crippen LogP contribution in [0.4, 0.5) is 0 Å². The van der Waals surface area contributed by atoms with Crippen molar-refractivity contribution in [2.24, 2.45) is 0 Å². The summed E-state index contributed by atoms with van der Waals surface area (Å²) >= 11 is 0. The summed E-state index contributed by atoms with van der Waals surface area (Å²) in [6, 6.07) is 0. The van der Waals surface area contributed by atoms with Gasteiger partial charge in [0.1, 0.15) is 0 Å². The summed E-state index contributed by atoms with van der Waals surface area (Å²) in [5.74, 6) is 0. The summed E-state index contributed by atoms with van der Waals surface area (Å²) in [5, 5.41) is 8.12. The minimum atomic E-state index is -3.89. The van der Waals surface area contributed by atoms with Gasteiger partial charge in [-0.2, -0.15) is 8.42 Å². The molecule has 0 aliphatic carbocycles. The Morgan fingerprint density at radius 3 is 1.55 bits per heavy atom. The molecule has 0 aliphatic heterocycles. The average molecular weight is 337 g/mol. The Kier molecular flexibility index (Phi) is 14.4. The normalized spacial score (nSPS) is 13.4. The summed E-state index contributed by atoms with van der Waals surface area (Å²) in [6.45, 7) is 2.43. The molecule has 0 aliphatic rings. The number of hydrogen-bond donors (Lipinski definition) is 2. The van der Waals surface area contributed by atoms with E-state index in [1.807, 2.05) is 0 Å². The van der Waals surface area contributed by atoms with Crippen LogP contribution in [0.3, 0.4) is 0 Å². The van der Waals surface area contributed by atoms with E-state index < -0.39 is 15.4 Å². The fourth-order valence-electron chi connectivity index (χ4n) is 2.79. The van der Waals surface area contributed by atoms with Crippen molar-refractivity contribution in [3.63, 3.8) is 0 Å². The van der Waals surface area contributed by atoms with Gasteiger partial charge in [0.05, 0.1) is 5.25 Å². The maximum absolute atomic E-state index is 11.4. The first kappa shape index (κ1) is 21.9.